The van der Waals surface area contributed by atoms with E-state index in [2.05, 4.69) is 46.3 Å². The number of hydrogen-bond acceptors (Lipinski definition) is 18. The number of ether oxygens (including phenoxy) is 4. The Hall–Kier alpha value is -9.04. The van der Waals surface area contributed by atoms with Crippen LogP contribution in [0.2, 0.25) is 33.2 Å². The molecular weight excluding hydrogens is 1430 g/mol. The third kappa shape index (κ3) is 15.4. The summed E-state index contributed by atoms with van der Waals surface area (Å²) in [5.74, 6) is -1.95. The second kappa shape index (κ2) is 30.6. The number of nitrogens with one attached hydrogen (secondary N) is 1. The van der Waals surface area contributed by atoms with Crippen LogP contribution in [0, 0.1) is 11.6 Å². The minimum atomic E-state index is -4.66. The lowest BCUT2D eigenvalue weighted by molar-refractivity contribution is 0.0625. The normalized spacial score (nSPS) is 13.6. The maximum atomic E-state index is 14.8. The highest BCUT2D eigenvalue weighted by Gasteiger charge is 2.53. The van der Waals surface area contributed by atoms with Gasteiger partial charge in [-0.3, -0.25) is 43.7 Å². The fourth-order valence-electron chi connectivity index (χ4n) is 15.1. The molecular formula is C75H90F2N6O16S3Si2. The Kier molecular flexibility index (Phi) is 23.3. The van der Waals surface area contributed by atoms with Crippen LogP contribution in [-0.2, 0) is 56.0 Å². The molecule has 0 bridgehead atoms. The maximum absolute atomic E-state index is 14.8. The van der Waals surface area contributed by atoms with Crippen molar-refractivity contribution in [3.63, 3.8) is 0 Å². The first kappa shape index (κ1) is 79.1. The van der Waals surface area contributed by atoms with Crippen LogP contribution in [0.25, 0.3) is 21.8 Å². The highest BCUT2D eigenvalue weighted by atomic mass is 32.3. The van der Waals surface area contributed by atoms with Crippen LogP contribution in [0.5, 0.6) is 34.5 Å². The molecule has 0 unspecified atom stereocenters. The predicted molar refractivity (Wildman–Crippen MR) is 403 cm³/mol. The SMILES string of the molecule is COc1ccc(CN2C(=O)c3c(c(O[Si](C(C)C)(C(C)C)C(C)C)c4ncc(Cc5ccc(F)cc5)cc4c3N(S(C)(=O)=O)S(C)(=O)=O)C2=O)c(OC)c1.COc1ccc(CN2C(=O)c3c(c(O[Si](C(C)C)(C(C)C)C(C)C)c4ncc(Cc5ccc(F)cc5)cc4c3NS(C)(=O)=O)C2=O)c(OC)c1. The average molecular weight is 1520 g/mol. The van der Waals surface area contributed by atoms with Crippen molar-refractivity contribution in [2.75, 3.05) is 55.6 Å². The van der Waals surface area contributed by atoms with Gasteiger partial charge in [-0.25, -0.2) is 34.0 Å². The number of benzene rings is 6. The lowest BCUT2D eigenvalue weighted by Gasteiger charge is -2.42. The highest BCUT2D eigenvalue weighted by molar-refractivity contribution is 8.09. The first-order valence-corrected chi connectivity index (χ1v) is 43.7. The van der Waals surface area contributed by atoms with E-state index in [-0.39, 0.29) is 113 Å². The summed E-state index contributed by atoms with van der Waals surface area (Å²) < 4.78 is 146. The van der Waals surface area contributed by atoms with Gasteiger partial charge in [0.1, 0.15) is 57.2 Å². The first-order chi connectivity index (χ1) is 48.7. The summed E-state index contributed by atoms with van der Waals surface area (Å²) in [6, 6.07) is 25.1. The topological polar surface area (TPSA) is 274 Å². The molecule has 0 radical (unpaired) electrons. The third-order valence-electron chi connectivity index (χ3n) is 19.5. The Labute approximate surface area is 609 Å². The van der Waals surface area contributed by atoms with Crippen molar-refractivity contribution in [1.29, 1.82) is 0 Å². The van der Waals surface area contributed by atoms with Crippen molar-refractivity contribution in [3.8, 4) is 34.5 Å². The number of imide groups is 2. The standard InChI is InChI=1S/C38H46FN3O9S2Si.C37H44FN3O7SSi/c1-22(2)54(23(3)4,24(5)6)51-36-33-32(37(43)41(38(33)44)21-27-13-16-29(49-7)19-31(27)50-8)35(42(52(9,45)46)53(10,47)48)30-18-26(20-40-34(30)36)17-25-11-14-28(39)15-12-25;1-21(2)50(22(3)4,23(5)6)48-35-32-31(36(42)41(37(32)43)20-26-12-15-28(46-7)18-30(26)47-8)33(40-49(9,44)45)29-17-25(19-39-34(29)35)16-24-10-13-27(38)14-11-24/h11-16,18-20,22-24H,17,21H2,1-10H3;10-15,17-19,21-23,40H,16,20H2,1-9H3. The van der Waals surface area contributed by atoms with E-state index >= 15 is 0 Å². The summed E-state index contributed by atoms with van der Waals surface area (Å²) in [5, 5.41) is 0.288. The predicted octanol–water partition coefficient (Wildman–Crippen LogP) is 14.8. The zero-order valence-corrected chi connectivity index (χ0v) is 66.4. The van der Waals surface area contributed by atoms with Crippen LogP contribution in [-0.4, -0.2) is 132 Å². The van der Waals surface area contributed by atoms with Gasteiger partial charge in [-0.2, -0.15) is 3.71 Å². The molecule has 0 fully saturated rings. The molecule has 4 heterocycles. The number of nitrogens with zero attached hydrogens (tertiary/aromatic N) is 5. The number of hydrogen-bond donors (Lipinski definition) is 1. The molecule has 10 rings (SSSR count). The Morgan fingerprint density at radius 2 is 0.798 bits per heavy atom. The van der Waals surface area contributed by atoms with Gasteiger partial charge in [-0.1, -0.05) is 107 Å². The summed E-state index contributed by atoms with van der Waals surface area (Å²) in [6.07, 6.45) is 6.12. The second-order valence-electron chi connectivity index (χ2n) is 28.2. The molecule has 29 heteroatoms. The van der Waals surface area contributed by atoms with Crippen molar-refractivity contribution in [3.05, 3.63) is 177 Å². The minimum absolute atomic E-state index is 0.00367. The zero-order valence-electron chi connectivity index (χ0n) is 61.9. The largest absolute Gasteiger partial charge is 0.541 e. The van der Waals surface area contributed by atoms with Gasteiger partial charge in [0.05, 0.1) is 93.9 Å². The molecule has 2 aliphatic rings. The van der Waals surface area contributed by atoms with Crippen LogP contribution in [0.1, 0.15) is 158 Å². The van der Waals surface area contributed by atoms with Crippen molar-refractivity contribution in [2.45, 2.75) is 142 Å². The third-order valence-corrected chi connectivity index (χ3v) is 35.2. The molecule has 8 aromatic rings. The quantitative estimate of drug-likeness (QED) is 0.0370. The van der Waals surface area contributed by atoms with E-state index in [1.165, 1.54) is 58.9 Å². The van der Waals surface area contributed by atoms with Crippen LogP contribution in [0.3, 0.4) is 0 Å². The van der Waals surface area contributed by atoms with E-state index in [9.17, 15) is 53.2 Å². The van der Waals surface area contributed by atoms with Crippen molar-refractivity contribution >= 4 is 104 Å². The lowest BCUT2D eigenvalue weighted by Crippen LogP contribution is -2.51. The number of carbonyl (C=O) groups is 4. The van der Waals surface area contributed by atoms with E-state index in [0.717, 1.165) is 21.6 Å². The summed E-state index contributed by atoms with van der Waals surface area (Å²) in [4.78, 5) is 70.3. The van der Waals surface area contributed by atoms with Crippen LogP contribution >= 0.6 is 0 Å². The summed E-state index contributed by atoms with van der Waals surface area (Å²) >= 11 is 0. The fourth-order valence-corrected chi connectivity index (χ4v) is 29.2. The highest BCUT2D eigenvalue weighted by Crippen LogP contribution is 2.53. The van der Waals surface area contributed by atoms with Gasteiger partial charge in [0.2, 0.25) is 30.1 Å². The maximum Gasteiger partial charge on any atom is 0.265 e. The van der Waals surface area contributed by atoms with Gasteiger partial charge in [-0.05, 0) is 129 Å². The van der Waals surface area contributed by atoms with Gasteiger partial charge in [0.25, 0.3) is 40.3 Å². The number of rotatable bonds is 27. The van der Waals surface area contributed by atoms with E-state index in [1.54, 1.807) is 79.0 Å². The molecule has 6 aromatic carbocycles. The van der Waals surface area contributed by atoms with Gasteiger partial charge in [0.15, 0.2) is 0 Å². The Balaban J connectivity index is 0.000000242. The average Bonchev–Trinajstić information content (AvgIpc) is 1.01. The van der Waals surface area contributed by atoms with E-state index in [4.69, 9.17) is 37.8 Å². The minimum Gasteiger partial charge on any atom is -0.541 e. The van der Waals surface area contributed by atoms with Gasteiger partial charge in [-0.15, -0.1) is 0 Å². The van der Waals surface area contributed by atoms with E-state index in [0.29, 0.717) is 75.1 Å². The molecule has 0 saturated carbocycles. The van der Waals surface area contributed by atoms with Crippen molar-refractivity contribution in [2.24, 2.45) is 0 Å². The number of anilines is 2. The molecule has 0 atom stereocenters. The first-order valence-electron chi connectivity index (χ1n) is 33.9. The fraction of sp³-hybridized carbons (Fsp3) is 0.387. The summed E-state index contributed by atoms with van der Waals surface area (Å²) in [7, 11) is -13.1. The molecule has 1 N–H and O–H groups in total. The van der Waals surface area contributed by atoms with Crippen molar-refractivity contribution < 1.29 is 81.0 Å². The van der Waals surface area contributed by atoms with Gasteiger partial charge in [0, 0.05) is 46.4 Å². The van der Waals surface area contributed by atoms with E-state index in [1.807, 2.05) is 41.5 Å². The number of halogens is 2. The Bertz CT molecular complexity index is 4970. The Morgan fingerprint density at radius 3 is 1.14 bits per heavy atom. The van der Waals surface area contributed by atoms with Crippen LogP contribution < -0.4 is 36.2 Å². The van der Waals surface area contributed by atoms with Crippen LogP contribution in [0.15, 0.2) is 109 Å². The van der Waals surface area contributed by atoms with E-state index < -0.39 is 87.4 Å². The second-order valence-corrected chi connectivity index (χ2v) is 44.5. The van der Waals surface area contributed by atoms with Crippen LogP contribution in [0.4, 0.5) is 20.2 Å². The molecule has 0 saturated heterocycles. The molecule has 22 nitrogen and oxygen atoms in total. The molecule has 0 spiro atoms. The Morgan fingerprint density at radius 1 is 0.452 bits per heavy atom. The van der Waals surface area contributed by atoms with Gasteiger partial charge < -0.3 is 27.8 Å². The summed E-state index contributed by atoms with van der Waals surface area (Å²) in [6.45, 7) is 24.4. The summed E-state index contributed by atoms with van der Waals surface area (Å²) in [5.41, 5.74) is 2.82. The lowest BCUT2D eigenvalue weighted by atomic mass is 9.98. The molecule has 104 heavy (non-hydrogen) atoms. The molecule has 556 valence electrons. The number of fused-ring (bicyclic) bond motifs is 4. The number of aromatic nitrogens is 2. The molecule has 0 aliphatic carbocycles. The number of carbonyl (C=O) groups excluding carboxylic acids is 4. The van der Waals surface area contributed by atoms with Crippen molar-refractivity contribution in [1.82, 2.24) is 19.8 Å². The number of sulfonamides is 3. The smallest absolute Gasteiger partial charge is 0.265 e. The molecule has 2 aliphatic heterocycles. The molecule has 4 amide bonds. The van der Waals surface area contributed by atoms with Gasteiger partial charge >= 0.3 is 0 Å². The number of amides is 4. The number of methoxy groups -OCH3 is 4. The monoisotopic (exact) mass is 1520 g/mol. The molecule has 2 aromatic heterocycles. The number of pyridine rings is 2. The zero-order chi connectivity index (χ0) is 76.8.